The highest BCUT2D eigenvalue weighted by Crippen LogP contribution is 2.26. The number of anilines is 2. The highest BCUT2D eigenvalue weighted by Gasteiger charge is 2.11. The molecule has 1 aromatic carbocycles. The molecule has 4 N–H and O–H groups in total. The number of amides is 1. The fourth-order valence-corrected chi connectivity index (χ4v) is 1.05. The Hall–Kier alpha value is -1.75. The molecule has 1 rings (SSSR count). The molecule has 1 amide bonds. The van der Waals surface area contributed by atoms with Gasteiger partial charge in [-0.3, -0.25) is 4.79 Å². The van der Waals surface area contributed by atoms with Gasteiger partial charge in [-0.05, 0) is 19.1 Å². The van der Waals surface area contributed by atoms with Crippen LogP contribution in [0.5, 0.6) is 5.75 Å². The summed E-state index contributed by atoms with van der Waals surface area (Å²) in [6.45, 7) is 1.39. The maximum absolute atomic E-state index is 11.2. The Labute approximate surface area is 87.9 Å². The van der Waals surface area contributed by atoms with Gasteiger partial charge in [0, 0.05) is 11.8 Å². The van der Waals surface area contributed by atoms with Crippen molar-refractivity contribution in [1.29, 1.82) is 0 Å². The minimum atomic E-state index is -1.06. The Morgan fingerprint density at radius 1 is 1.60 bits per heavy atom. The van der Waals surface area contributed by atoms with Crippen molar-refractivity contribution in [3.63, 3.8) is 0 Å². The standard InChI is InChI=1S/C10H14N2O3/c1-6(13)10(14)12-8-4-3-7(11)5-9(8)15-2/h3-6,13H,11H2,1-2H3,(H,12,14). The van der Waals surface area contributed by atoms with E-state index in [2.05, 4.69) is 5.32 Å². The zero-order valence-corrected chi connectivity index (χ0v) is 8.65. The van der Waals surface area contributed by atoms with E-state index in [0.717, 1.165) is 0 Å². The Kier molecular flexibility index (Phi) is 3.51. The smallest absolute Gasteiger partial charge is 0.253 e. The van der Waals surface area contributed by atoms with Gasteiger partial charge in [0.15, 0.2) is 0 Å². The number of aliphatic hydroxyl groups is 1. The monoisotopic (exact) mass is 210 g/mol. The second-order valence-electron chi connectivity index (χ2n) is 3.12. The Morgan fingerprint density at radius 3 is 2.80 bits per heavy atom. The lowest BCUT2D eigenvalue weighted by molar-refractivity contribution is -0.123. The van der Waals surface area contributed by atoms with Crippen LogP contribution in [0.25, 0.3) is 0 Å². The molecule has 0 bridgehead atoms. The van der Waals surface area contributed by atoms with Crippen molar-refractivity contribution < 1.29 is 14.6 Å². The van der Waals surface area contributed by atoms with Gasteiger partial charge >= 0.3 is 0 Å². The molecule has 0 saturated carbocycles. The van der Waals surface area contributed by atoms with E-state index in [4.69, 9.17) is 15.6 Å². The van der Waals surface area contributed by atoms with Gasteiger partial charge in [-0.15, -0.1) is 0 Å². The first-order valence-electron chi connectivity index (χ1n) is 4.47. The third-order valence-electron chi connectivity index (χ3n) is 1.86. The molecule has 0 aliphatic rings. The fourth-order valence-electron chi connectivity index (χ4n) is 1.05. The molecule has 0 spiro atoms. The van der Waals surface area contributed by atoms with Crippen molar-refractivity contribution in [1.82, 2.24) is 0 Å². The van der Waals surface area contributed by atoms with E-state index in [1.54, 1.807) is 18.2 Å². The number of methoxy groups -OCH3 is 1. The molecular weight excluding hydrogens is 196 g/mol. The molecule has 0 fully saturated rings. The van der Waals surface area contributed by atoms with E-state index in [1.807, 2.05) is 0 Å². The lowest BCUT2D eigenvalue weighted by Gasteiger charge is -2.11. The lowest BCUT2D eigenvalue weighted by atomic mass is 10.2. The number of nitrogen functional groups attached to an aromatic ring is 1. The van der Waals surface area contributed by atoms with Crippen LogP contribution in [0.2, 0.25) is 0 Å². The summed E-state index contributed by atoms with van der Waals surface area (Å²) >= 11 is 0. The number of rotatable bonds is 3. The molecule has 5 nitrogen and oxygen atoms in total. The van der Waals surface area contributed by atoms with Gasteiger partial charge in [0.2, 0.25) is 0 Å². The molecule has 1 atom stereocenters. The SMILES string of the molecule is COc1cc(N)ccc1NC(=O)C(C)O. The van der Waals surface area contributed by atoms with E-state index in [0.29, 0.717) is 17.1 Å². The predicted octanol–water partition coefficient (Wildman–Crippen LogP) is 0.597. The predicted molar refractivity (Wildman–Crippen MR) is 57.7 cm³/mol. The van der Waals surface area contributed by atoms with Crippen LogP contribution >= 0.6 is 0 Å². The Bertz CT molecular complexity index is 364. The minimum Gasteiger partial charge on any atom is -0.494 e. The third-order valence-corrected chi connectivity index (χ3v) is 1.86. The van der Waals surface area contributed by atoms with Crippen molar-refractivity contribution in [3.8, 4) is 5.75 Å². The second kappa shape index (κ2) is 4.65. The lowest BCUT2D eigenvalue weighted by Crippen LogP contribution is -2.24. The zero-order valence-electron chi connectivity index (χ0n) is 8.65. The first kappa shape index (κ1) is 11.3. The number of carbonyl (C=O) groups excluding carboxylic acids is 1. The van der Waals surface area contributed by atoms with Crippen LogP contribution in [0.3, 0.4) is 0 Å². The first-order valence-corrected chi connectivity index (χ1v) is 4.47. The fraction of sp³-hybridized carbons (Fsp3) is 0.300. The molecule has 0 heterocycles. The summed E-state index contributed by atoms with van der Waals surface area (Å²) < 4.78 is 5.03. The molecule has 0 aliphatic carbocycles. The van der Waals surface area contributed by atoms with Gasteiger partial charge in [0.25, 0.3) is 5.91 Å². The van der Waals surface area contributed by atoms with Gasteiger partial charge in [0.05, 0.1) is 12.8 Å². The van der Waals surface area contributed by atoms with Crippen LogP contribution in [0.4, 0.5) is 11.4 Å². The number of carbonyl (C=O) groups is 1. The molecule has 5 heteroatoms. The van der Waals surface area contributed by atoms with E-state index in [-0.39, 0.29) is 0 Å². The van der Waals surface area contributed by atoms with Crippen molar-refractivity contribution in [2.75, 3.05) is 18.2 Å². The van der Waals surface area contributed by atoms with Crippen LogP contribution in [-0.2, 0) is 4.79 Å². The maximum Gasteiger partial charge on any atom is 0.253 e. The van der Waals surface area contributed by atoms with Gasteiger partial charge in [0.1, 0.15) is 11.9 Å². The average molecular weight is 210 g/mol. The van der Waals surface area contributed by atoms with E-state index < -0.39 is 12.0 Å². The molecule has 0 aromatic heterocycles. The number of hydrogen-bond acceptors (Lipinski definition) is 4. The molecule has 82 valence electrons. The number of nitrogens with two attached hydrogens (primary N) is 1. The summed E-state index contributed by atoms with van der Waals surface area (Å²) in [4.78, 5) is 11.2. The highest BCUT2D eigenvalue weighted by atomic mass is 16.5. The summed E-state index contributed by atoms with van der Waals surface area (Å²) in [5.41, 5.74) is 6.58. The van der Waals surface area contributed by atoms with Crippen LogP contribution in [0.1, 0.15) is 6.92 Å². The van der Waals surface area contributed by atoms with Crippen LogP contribution in [-0.4, -0.2) is 24.2 Å². The minimum absolute atomic E-state index is 0.462. The number of benzene rings is 1. The van der Waals surface area contributed by atoms with Gasteiger partial charge < -0.3 is 20.9 Å². The maximum atomic E-state index is 11.2. The van der Waals surface area contributed by atoms with Gasteiger partial charge in [-0.1, -0.05) is 0 Å². The molecule has 1 aromatic rings. The molecule has 0 aliphatic heterocycles. The van der Waals surface area contributed by atoms with Crippen molar-refractivity contribution >= 4 is 17.3 Å². The van der Waals surface area contributed by atoms with Gasteiger partial charge in [-0.25, -0.2) is 0 Å². The zero-order chi connectivity index (χ0) is 11.4. The summed E-state index contributed by atoms with van der Waals surface area (Å²) in [5.74, 6) is -0.0259. The molecule has 1 unspecified atom stereocenters. The highest BCUT2D eigenvalue weighted by molar-refractivity contribution is 5.95. The number of hydrogen-bond donors (Lipinski definition) is 3. The number of nitrogens with one attached hydrogen (secondary N) is 1. The Morgan fingerprint density at radius 2 is 2.27 bits per heavy atom. The van der Waals surface area contributed by atoms with Crippen LogP contribution in [0, 0.1) is 0 Å². The largest absolute Gasteiger partial charge is 0.494 e. The molecule has 0 radical (unpaired) electrons. The van der Waals surface area contributed by atoms with E-state index in [9.17, 15) is 4.79 Å². The second-order valence-corrected chi connectivity index (χ2v) is 3.12. The van der Waals surface area contributed by atoms with E-state index in [1.165, 1.54) is 14.0 Å². The quantitative estimate of drug-likeness (QED) is 0.638. The van der Waals surface area contributed by atoms with Crippen LogP contribution < -0.4 is 15.8 Å². The Balaban J connectivity index is 2.89. The average Bonchev–Trinajstić information content (AvgIpc) is 2.20. The number of ether oxygens (including phenoxy) is 1. The van der Waals surface area contributed by atoms with Crippen molar-refractivity contribution in [2.24, 2.45) is 0 Å². The van der Waals surface area contributed by atoms with Crippen molar-refractivity contribution in [2.45, 2.75) is 13.0 Å². The first-order chi connectivity index (χ1) is 7.04. The normalized spacial score (nSPS) is 11.9. The summed E-state index contributed by atoms with van der Waals surface area (Å²) in [5, 5.41) is 11.5. The van der Waals surface area contributed by atoms with E-state index >= 15 is 0 Å². The molecular formula is C10H14N2O3. The summed E-state index contributed by atoms with van der Waals surface area (Å²) in [7, 11) is 1.48. The topological polar surface area (TPSA) is 84.6 Å². The molecule has 15 heavy (non-hydrogen) atoms. The number of aliphatic hydroxyl groups excluding tert-OH is 1. The third kappa shape index (κ3) is 2.85. The van der Waals surface area contributed by atoms with Crippen LogP contribution in [0.15, 0.2) is 18.2 Å². The summed E-state index contributed by atoms with van der Waals surface area (Å²) in [6.07, 6.45) is -1.06. The van der Waals surface area contributed by atoms with Gasteiger partial charge in [-0.2, -0.15) is 0 Å². The molecule has 0 saturated heterocycles. The summed E-state index contributed by atoms with van der Waals surface area (Å²) in [6, 6.07) is 4.85. The van der Waals surface area contributed by atoms with Crippen molar-refractivity contribution in [3.05, 3.63) is 18.2 Å².